The maximum Gasteiger partial charge on any atom is 0.259 e. The number of para-hydroxylation sites is 2. The average Bonchev–Trinajstić information content (AvgIpc) is 2.92. The van der Waals surface area contributed by atoms with Crippen LogP contribution >= 0.6 is 0 Å². The number of halogens is 1. The summed E-state index contributed by atoms with van der Waals surface area (Å²) in [5.74, 6) is -0.649. The number of nitrogens with zero attached hydrogens (tertiary/aromatic N) is 2. The van der Waals surface area contributed by atoms with E-state index in [-0.39, 0.29) is 11.7 Å². The number of hydrogen-bond acceptors (Lipinski definition) is 2. The molecule has 1 amide bonds. The molecular formula is C18H16FN3O. The molecule has 116 valence electrons. The molecule has 0 fully saturated rings. The van der Waals surface area contributed by atoms with Crippen LogP contribution in [0, 0.1) is 19.7 Å². The van der Waals surface area contributed by atoms with Crippen LogP contribution in [0.1, 0.15) is 21.6 Å². The molecule has 0 radical (unpaired) electrons. The summed E-state index contributed by atoms with van der Waals surface area (Å²) in [6.07, 6.45) is 1.45. The lowest BCUT2D eigenvalue weighted by molar-refractivity contribution is 0.102. The quantitative estimate of drug-likeness (QED) is 0.798. The third-order valence-electron chi connectivity index (χ3n) is 3.73. The van der Waals surface area contributed by atoms with Gasteiger partial charge in [-0.25, -0.2) is 9.07 Å². The number of aryl methyl sites for hydroxylation is 1. The first-order valence-corrected chi connectivity index (χ1v) is 7.24. The summed E-state index contributed by atoms with van der Waals surface area (Å²) in [5, 5.41) is 7.01. The molecule has 0 bridgehead atoms. The molecule has 0 spiro atoms. The zero-order chi connectivity index (χ0) is 16.4. The first kappa shape index (κ1) is 15.0. The molecular weight excluding hydrogens is 293 g/mol. The number of aromatic nitrogens is 2. The van der Waals surface area contributed by atoms with Gasteiger partial charge in [0.25, 0.3) is 5.91 Å². The fraction of sp³-hybridized carbons (Fsp3) is 0.111. The molecule has 0 saturated carbocycles. The second-order valence-electron chi connectivity index (χ2n) is 5.28. The van der Waals surface area contributed by atoms with Crippen molar-refractivity contribution >= 4 is 11.6 Å². The van der Waals surface area contributed by atoms with Gasteiger partial charge < -0.3 is 5.32 Å². The van der Waals surface area contributed by atoms with E-state index in [4.69, 9.17) is 0 Å². The van der Waals surface area contributed by atoms with Gasteiger partial charge in [0.15, 0.2) is 0 Å². The Morgan fingerprint density at radius 1 is 1.09 bits per heavy atom. The zero-order valence-electron chi connectivity index (χ0n) is 12.9. The van der Waals surface area contributed by atoms with Crippen LogP contribution in [-0.4, -0.2) is 15.7 Å². The molecule has 3 aromatic rings. The minimum Gasteiger partial charge on any atom is -0.322 e. The Hall–Kier alpha value is -2.95. The monoisotopic (exact) mass is 309 g/mol. The maximum absolute atomic E-state index is 13.9. The van der Waals surface area contributed by atoms with Crippen LogP contribution < -0.4 is 5.32 Å². The second-order valence-corrected chi connectivity index (χ2v) is 5.28. The average molecular weight is 309 g/mol. The number of amides is 1. The van der Waals surface area contributed by atoms with Gasteiger partial charge in [-0.1, -0.05) is 30.3 Å². The normalized spacial score (nSPS) is 10.6. The summed E-state index contributed by atoms with van der Waals surface area (Å²) in [4.78, 5) is 12.5. The number of carbonyl (C=O) groups excluding carboxylic acids is 1. The van der Waals surface area contributed by atoms with Gasteiger partial charge in [-0.15, -0.1) is 0 Å². The SMILES string of the molecule is Cc1ccccc1NC(=O)c1cnn(-c2ccccc2F)c1C. The first-order valence-electron chi connectivity index (χ1n) is 7.24. The summed E-state index contributed by atoms with van der Waals surface area (Å²) >= 11 is 0. The molecule has 1 aromatic heterocycles. The van der Waals surface area contributed by atoms with Crippen molar-refractivity contribution < 1.29 is 9.18 Å². The number of rotatable bonds is 3. The molecule has 0 atom stereocenters. The Balaban J connectivity index is 1.92. The highest BCUT2D eigenvalue weighted by Gasteiger charge is 2.17. The van der Waals surface area contributed by atoms with Crippen molar-refractivity contribution in [3.8, 4) is 5.69 Å². The van der Waals surface area contributed by atoms with E-state index in [9.17, 15) is 9.18 Å². The lowest BCUT2D eigenvalue weighted by Crippen LogP contribution is -2.14. The summed E-state index contributed by atoms with van der Waals surface area (Å²) in [6.45, 7) is 3.66. The molecule has 0 aliphatic rings. The Morgan fingerprint density at radius 2 is 1.78 bits per heavy atom. The van der Waals surface area contributed by atoms with Crippen molar-refractivity contribution in [1.82, 2.24) is 9.78 Å². The zero-order valence-corrected chi connectivity index (χ0v) is 12.9. The topological polar surface area (TPSA) is 46.9 Å². The van der Waals surface area contributed by atoms with Gasteiger partial charge in [0.05, 0.1) is 17.5 Å². The number of nitrogens with one attached hydrogen (secondary N) is 1. The Kier molecular flexibility index (Phi) is 3.93. The third-order valence-corrected chi connectivity index (χ3v) is 3.73. The lowest BCUT2D eigenvalue weighted by Gasteiger charge is -2.09. The first-order chi connectivity index (χ1) is 11.1. The molecule has 3 rings (SSSR count). The molecule has 0 aliphatic heterocycles. The second kappa shape index (κ2) is 6.04. The highest BCUT2D eigenvalue weighted by Crippen LogP contribution is 2.19. The molecule has 0 saturated heterocycles. The minimum atomic E-state index is -0.385. The predicted molar refractivity (Wildman–Crippen MR) is 87.4 cm³/mol. The fourth-order valence-corrected chi connectivity index (χ4v) is 2.40. The summed E-state index contributed by atoms with van der Waals surface area (Å²) in [6, 6.07) is 13.9. The van der Waals surface area contributed by atoms with Crippen molar-refractivity contribution in [1.29, 1.82) is 0 Å². The highest BCUT2D eigenvalue weighted by molar-refractivity contribution is 6.05. The van der Waals surface area contributed by atoms with Gasteiger partial charge in [0.2, 0.25) is 0 Å². The Bertz CT molecular complexity index is 870. The van der Waals surface area contributed by atoms with Crippen molar-refractivity contribution in [2.75, 3.05) is 5.32 Å². The van der Waals surface area contributed by atoms with Gasteiger partial charge in [0.1, 0.15) is 11.5 Å². The molecule has 2 aromatic carbocycles. The fourth-order valence-electron chi connectivity index (χ4n) is 2.40. The van der Waals surface area contributed by atoms with E-state index >= 15 is 0 Å². The van der Waals surface area contributed by atoms with Crippen LogP contribution in [0.5, 0.6) is 0 Å². The van der Waals surface area contributed by atoms with Crippen LogP contribution in [-0.2, 0) is 0 Å². The lowest BCUT2D eigenvalue weighted by atomic mass is 10.2. The smallest absolute Gasteiger partial charge is 0.259 e. The van der Waals surface area contributed by atoms with Crippen LogP contribution in [0.3, 0.4) is 0 Å². The molecule has 5 heteroatoms. The van der Waals surface area contributed by atoms with E-state index in [1.54, 1.807) is 25.1 Å². The molecule has 1 heterocycles. The van der Waals surface area contributed by atoms with Crippen molar-refractivity contribution in [2.24, 2.45) is 0 Å². The summed E-state index contributed by atoms with van der Waals surface area (Å²) in [7, 11) is 0. The van der Waals surface area contributed by atoms with Gasteiger partial charge in [-0.3, -0.25) is 4.79 Å². The van der Waals surface area contributed by atoms with Crippen LogP contribution in [0.2, 0.25) is 0 Å². The van der Waals surface area contributed by atoms with Crippen LogP contribution in [0.15, 0.2) is 54.7 Å². The van der Waals surface area contributed by atoms with E-state index in [1.807, 2.05) is 31.2 Å². The van der Waals surface area contributed by atoms with Gasteiger partial charge >= 0.3 is 0 Å². The van der Waals surface area contributed by atoms with E-state index in [0.29, 0.717) is 16.9 Å². The maximum atomic E-state index is 13.9. The van der Waals surface area contributed by atoms with E-state index in [0.717, 1.165) is 11.3 Å². The largest absolute Gasteiger partial charge is 0.322 e. The van der Waals surface area contributed by atoms with Crippen molar-refractivity contribution in [3.05, 3.63) is 77.4 Å². The van der Waals surface area contributed by atoms with Gasteiger partial charge in [-0.2, -0.15) is 5.10 Å². The van der Waals surface area contributed by atoms with Gasteiger partial charge in [-0.05, 0) is 37.6 Å². The Labute approximate surface area is 133 Å². The number of hydrogen-bond donors (Lipinski definition) is 1. The van der Waals surface area contributed by atoms with E-state index in [2.05, 4.69) is 10.4 Å². The minimum absolute atomic E-state index is 0.264. The standard InChI is InChI=1S/C18H16FN3O/c1-12-7-3-5-9-16(12)21-18(23)14-11-20-22(13(14)2)17-10-6-4-8-15(17)19/h3-11H,1-2H3,(H,21,23). The molecule has 1 N–H and O–H groups in total. The van der Waals surface area contributed by atoms with Crippen LogP contribution in [0.25, 0.3) is 5.69 Å². The molecule has 23 heavy (non-hydrogen) atoms. The van der Waals surface area contributed by atoms with Crippen LogP contribution in [0.4, 0.5) is 10.1 Å². The summed E-state index contributed by atoms with van der Waals surface area (Å²) in [5.41, 5.74) is 3.04. The number of carbonyl (C=O) groups is 1. The number of benzene rings is 2. The third kappa shape index (κ3) is 2.85. The van der Waals surface area contributed by atoms with E-state index < -0.39 is 0 Å². The highest BCUT2D eigenvalue weighted by atomic mass is 19.1. The van der Waals surface area contributed by atoms with E-state index in [1.165, 1.54) is 16.9 Å². The number of anilines is 1. The molecule has 0 unspecified atom stereocenters. The molecule has 4 nitrogen and oxygen atoms in total. The predicted octanol–water partition coefficient (Wildman–Crippen LogP) is 3.88. The molecule has 0 aliphatic carbocycles. The van der Waals surface area contributed by atoms with Gasteiger partial charge in [0, 0.05) is 5.69 Å². The van der Waals surface area contributed by atoms with Crippen molar-refractivity contribution in [3.63, 3.8) is 0 Å². The summed E-state index contributed by atoms with van der Waals surface area (Å²) < 4.78 is 15.3. The Morgan fingerprint density at radius 3 is 2.52 bits per heavy atom. The van der Waals surface area contributed by atoms with Crippen molar-refractivity contribution in [2.45, 2.75) is 13.8 Å².